The molecule has 3 aromatic carbocycles. The smallest absolute Gasteiger partial charge is 0.244 e. The fourth-order valence-corrected chi connectivity index (χ4v) is 4.52. The molecule has 0 unspecified atom stereocenters. The van der Waals surface area contributed by atoms with Crippen molar-refractivity contribution in [3.63, 3.8) is 0 Å². The van der Waals surface area contributed by atoms with Crippen molar-refractivity contribution in [3.8, 4) is 34.7 Å². The first-order valence-corrected chi connectivity index (χ1v) is 11.6. The molecule has 7 nitrogen and oxygen atoms in total. The number of H-pyrrole nitrogens is 1. The lowest BCUT2D eigenvalue weighted by Gasteiger charge is -2.25. The zero-order valence-corrected chi connectivity index (χ0v) is 20.5. The van der Waals surface area contributed by atoms with Crippen LogP contribution in [0.2, 0.25) is 5.02 Å². The molecule has 0 fully saturated rings. The Bertz CT molecular complexity index is 1500. The molecule has 4 aromatic rings. The lowest BCUT2D eigenvalue weighted by Crippen LogP contribution is -2.21. The number of para-hydroxylation sites is 1. The SMILES string of the molecule is COc1ccc([C@@H]2C(C#N)=C(N)Oc3n[nH]c(-c4ccc(C)cc4)c32)cc1COc1ccccc1Cl. The summed E-state index contributed by atoms with van der Waals surface area (Å²) < 4.78 is 17.3. The number of fused-ring (bicyclic) bond motifs is 1. The van der Waals surface area contributed by atoms with Crippen LogP contribution in [-0.2, 0) is 6.61 Å². The molecule has 1 aromatic heterocycles. The van der Waals surface area contributed by atoms with Gasteiger partial charge in [-0.25, -0.2) is 0 Å². The number of benzene rings is 3. The maximum Gasteiger partial charge on any atom is 0.244 e. The van der Waals surface area contributed by atoms with Gasteiger partial charge in [0, 0.05) is 11.1 Å². The number of aryl methyl sites for hydroxylation is 1. The van der Waals surface area contributed by atoms with Gasteiger partial charge in [0.15, 0.2) is 0 Å². The third-order valence-corrected chi connectivity index (χ3v) is 6.45. The highest BCUT2D eigenvalue weighted by Gasteiger charge is 2.36. The maximum atomic E-state index is 10.0. The number of halogens is 1. The van der Waals surface area contributed by atoms with E-state index >= 15 is 0 Å². The number of methoxy groups -OCH3 is 1. The van der Waals surface area contributed by atoms with E-state index in [0.29, 0.717) is 28.0 Å². The van der Waals surface area contributed by atoms with Gasteiger partial charge in [-0.05, 0) is 36.8 Å². The normalized spacial score (nSPS) is 14.6. The Labute approximate surface area is 213 Å². The van der Waals surface area contributed by atoms with Crippen LogP contribution in [0.3, 0.4) is 0 Å². The van der Waals surface area contributed by atoms with Crippen LogP contribution in [0.4, 0.5) is 0 Å². The van der Waals surface area contributed by atoms with Gasteiger partial charge in [-0.2, -0.15) is 5.26 Å². The second-order valence-corrected chi connectivity index (χ2v) is 8.81. The predicted octanol–water partition coefficient (Wildman–Crippen LogP) is 5.84. The minimum absolute atomic E-state index is 0.0293. The monoisotopic (exact) mass is 498 g/mol. The van der Waals surface area contributed by atoms with Crippen LogP contribution < -0.4 is 19.9 Å². The van der Waals surface area contributed by atoms with Gasteiger partial charge in [-0.1, -0.05) is 59.6 Å². The van der Waals surface area contributed by atoms with Gasteiger partial charge in [0.2, 0.25) is 11.8 Å². The van der Waals surface area contributed by atoms with Crippen LogP contribution >= 0.6 is 11.6 Å². The van der Waals surface area contributed by atoms with Gasteiger partial charge < -0.3 is 19.9 Å². The van der Waals surface area contributed by atoms with Crippen LogP contribution in [-0.4, -0.2) is 17.3 Å². The number of aromatic nitrogens is 2. The van der Waals surface area contributed by atoms with Crippen LogP contribution in [0, 0.1) is 18.3 Å². The Morgan fingerprint density at radius 2 is 1.89 bits per heavy atom. The minimum atomic E-state index is -0.501. The van der Waals surface area contributed by atoms with Gasteiger partial charge in [0.05, 0.1) is 29.3 Å². The second kappa shape index (κ2) is 9.68. The van der Waals surface area contributed by atoms with E-state index in [1.54, 1.807) is 19.2 Å². The van der Waals surface area contributed by atoms with E-state index in [1.807, 2.05) is 61.5 Å². The zero-order chi connectivity index (χ0) is 25.2. The summed E-state index contributed by atoms with van der Waals surface area (Å²) in [6, 6.07) is 23.3. The Morgan fingerprint density at radius 1 is 1.11 bits per heavy atom. The topological polar surface area (TPSA) is 106 Å². The Morgan fingerprint density at radius 3 is 2.61 bits per heavy atom. The first-order chi connectivity index (χ1) is 17.5. The third kappa shape index (κ3) is 4.23. The number of aromatic amines is 1. The average molecular weight is 499 g/mol. The van der Waals surface area contributed by atoms with Crippen molar-refractivity contribution >= 4 is 11.6 Å². The van der Waals surface area contributed by atoms with Gasteiger partial charge in [0.25, 0.3) is 0 Å². The first-order valence-electron chi connectivity index (χ1n) is 11.3. The number of hydrogen-bond acceptors (Lipinski definition) is 6. The van der Waals surface area contributed by atoms with Crippen LogP contribution in [0.15, 0.2) is 78.2 Å². The average Bonchev–Trinajstić information content (AvgIpc) is 3.31. The molecule has 2 heterocycles. The molecule has 8 heteroatoms. The molecule has 1 aliphatic heterocycles. The van der Waals surface area contributed by atoms with Crippen molar-refractivity contribution in [1.82, 2.24) is 10.2 Å². The molecule has 0 saturated heterocycles. The summed E-state index contributed by atoms with van der Waals surface area (Å²) in [5.41, 5.74) is 11.7. The fraction of sp³-hybridized carbons (Fsp3) is 0.143. The van der Waals surface area contributed by atoms with Crippen LogP contribution in [0.1, 0.15) is 28.2 Å². The summed E-state index contributed by atoms with van der Waals surface area (Å²) in [6.45, 7) is 2.24. The van der Waals surface area contributed by atoms with E-state index in [9.17, 15) is 5.26 Å². The second-order valence-electron chi connectivity index (χ2n) is 8.40. The molecule has 0 radical (unpaired) electrons. The standard InChI is InChI=1S/C28H23ClN4O3/c1-16-7-9-17(10-8-16)26-25-24(20(14-30)27(31)36-28(25)33-32-26)18-11-12-22(34-2)19(13-18)15-35-23-6-4-3-5-21(23)29/h3-13,24H,15,31H2,1-2H3,(H,32,33)/t24-/m1/s1. The molecular formula is C28H23ClN4O3. The van der Waals surface area contributed by atoms with Crippen molar-refractivity contribution in [1.29, 1.82) is 5.26 Å². The fourth-order valence-electron chi connectivity index (χ4n) is 4.33. The van der Waals surface area contributed by atoms with Crippen LogP contribution in [0.5, 0.6) is 17.4 Å². The molecule has 1 atom stereocenters. The third-order valence-electron chi connectivity index (χ3n) is 6.14. The lowest BCUT2D eigenvalue weighted by molar-refractivity contribution is 0.296. The predicted molar refractivity (Wildman–Crippen MR) is 137 cm³/mol. The molecule has 180 valence electrons. The number of allylic oxidation sites excluding steroid dienone is 1. The van der Waals surface area contributed by atoms with Crippen molar-refractivity contribution in [2.24, 2.45) is 5.73 Å². The molecule has 3 N–H and O–H groups in total. The number of nitrogens with two attached hydrogens (primary N) is 1. The van der Waals surface area contributed by atoms with Crippen molar-refractivity contribution in [2.45, 2.75) is 19.4 Å². The molecule has 0 bridgehead atoms. The zero-order valence-electron chi connectivity index (χ0n) is 19.7. The Balaban J connectivity index is 1.60. The van der Waals surface area contributed by atoms with E-state index in [1.165, 1.54) is 0 Å². The highest BCUT2D eigenvalue weighted by atomic mass is 35.5. The largest absolute Gasteiger partial charge is 0.496 e. The van der Waals surface area contributed by atoms with E-state index in [4.69, 9.17) is 31.5 Å². The lowest BCUT2D eigenvalue weighted by atomic mass is 9.82. The van der Waals surface area contributed by atoms with Gasteiger partial charge in [0.1, 0.15) is 29.7 Å². The molecule has 0 aliphatic carbocycles. The number of nitrogens with one attached hydrogen (secondary N) is 1. The summed E-state index contributed by atoms with van der Waals surface area (Å²) in [6.07, 6.45) is 0. The minimum Gasteiger partial charge on any atom is -0.496 e. The van der Waals surface area contributed by atoms with Crippen molar-refractivity contribution in [2.75, 3.05) is 7.11 Å². The first kappa shape index (κ1) is 23.3. The van der Waals surface area contributed by atoms with Crippen molar-refractivity contribution < 1.29 is 14.2 Å². The van der Waals surface area contributed by atoms with Gasteiger partial charge in [-0.3, -0.25) is 5.10 Å². The summed E-state index contributed by atoms with van der Waals surface area (Å²) in [5, 5.41) is 18.0. The van der Waals surface area contributed by atoms with Gasteiger partial charge >= 0.3 is 0 Å². The molecular weight excluding hydrogens is 476 g/mol. The van der Waals surface area contributed by atoms with E-state index in [2.05, 4.69) is 16.3 Å². The Kier molecular flexibility index (Phi) is 6.28. The van der Waals surface area contributed by atoms with Crippen molar-refractivity contribution in [3.05, 3.63) is 105 Å². The van der Waals surface area contributed by atoms with Gasteiger partial charge in [-0.15, -0.1) is 5.10 Å². The summed E-state index contributed by atoms with van der Waals surface area (Å²) in [4.78, 5) is 0. The number of ether oxygens (including phenoxy) is 3. The molecule has 36 heavy (non-hydrogen) atoms. The Hall–Kier alpha value is -4.41. The summed E-state index contributed by atoms with van der Waals surface area (Å²) in [5.74, 6) is 1.09. The number of nitrogens with zero attached hydrogens (tertiary/aromatic N) is 2. The highest BCUT2D eigenvalue weighted by molar-refractivity contribution is 6.32. The van der Waals surface area contributed by atoms with E-state index in [-0.39, 0.29) is 12.5 Å². The number of nitriles is 1. The molecule has 1 aliphatic rings. The maximum absolute atomic E-state index is 10.0. The molecule has 0 saturated carbocycles. The number of hydrogen-bond donors (Lipinski definition) is 2. The molecule has 0 amide bonds. The summed E-state index contributed by atoms with van der Waals surface area (Å²) >= 11 is 6.26. The van der Waals surface area contributed by atoms with E-state index in [0.717, 1.165) is 33.5 Å². The molecule has 5 rings (SSSR count). The quantitative estimate of drug-likeness (QED) is 0.345. The number of rotatable bonds is 6. The highest BCUT2D eigenvalue weighted by Crippen LogP contribution is 2.46. The molecule has 0 spiro atoms. The van der Waals surface area contributed by atoms with Crippen LogP contribution in [0.25, 0.3) is 11.3 Å². The van der Waals surface area contributed by atoms with E-state index < -0.39 is 5.92 Å². The summed E-state index contributed by atoms with van der Waals surface area (Å²) in [7, 11) is 1.60.